The van der Waals surface area contributed by atoms with Gasteiger partial charge in [-0.15, -0.1) is 0 Å². The van der Waals surface area contributed by atoms with E-state index in [2.05, 4.69) is 0 Å². The van der Waals surface area contributed by atoms with Gasteiger partial charge in [-0.05, 0) is 53.0 Å². The molecular weight excluding hydrogens is 244 g/mol. The van der Waals surface area contributed by atoms with Crippen molar-refractivity contribution in [2.24, 2.45) is 0 Å². The molecule has 0 unspecified atom stereocenters. The van der Waals surface area contributed by atoms with Gasteiger partial charge in [0.2, 0.25) is 0 Å². The maximum absolute atomic E-state index is 12.2. The van der Waals surface area contributed by atoms with Crippen molar-refractivity contribution in [2.75, 3.05) is 6.61 Å². The van der Waals surface area contributed by atoms with E-state index in [0.717, 1.165) is 5.06 Å². The number of esters is 1. The Morgan fingerprint density at radius 3 is 2.21 bits per heavy atom. The summed E-state index contributed by atoms with van der Waals surface area (Å²) in [5, 5.41) is 22.5. The molecule has 1 aliphatic heterocycles. The van der Waals surface area contributed by atoms with Crippen molar-refractivity contribution >= 4 is 5.97 Å². The van der Waals surface area contributed by atoms with E-state index in [4.69, 9.17) is 4.74 Å². The zero-order chi connectivity index (χ0) is 14.8. The zero-order valence-electron chi connectivity index (χ0n) is 12.2. The molecule has 5 nitrogen and oxygen atoms in total. The summed E-state index contributed by atoms with van der Waals surface area (Å²) in [6.45, 7) is 9.22. The Balaban J connectivity index is 3.20. The first-order chi connectivity index (χ1) is 8.65. The minimum Gasteiger partial charge on any atom is -0.784 e. The zero-order valence-corrected chi connectivity index (χ0v) is 12.2. The predicted molar refractivity (Wildman–Crippen MR) is 71.9 cm³/mol. The summed E-state index contributed by atoms with van der Waals surface area (Å²) in [5.41, 5.74) is -0.503. The molecule has 0 aliphatic carbocycles. The Bertz CT molecular complexity index is 424. The third kappa shape index (κ3) is 3.14. The highest BCUT2D eigenvalue weighted by molar-refractivity contribution is 5.93. The first kappa shape index (κ1) is 15.7. The Kier molecular flexibility index (Phi) is 4.39. The summed E-state index contributed by atoms with van der Waals surface area (Å²) in [4.78, 5) is 11.8. The number of carbonyl (C=O) groups excluding carboxylic acids is 1. The van der Waals surface area contributed by atoms with Crippen LogP contribution < -0.4 is 0 Å². The fraction of sp³-hybridized carbons (Fsp3) is 0.714. The number of nitrogens with zero attached hydrogens (tertiary/aromatic N) is 2. The highest BCUT2D eigenvalue weighted by atomic mass is 16.5. The lowest BCUT2D eigenvalue weighted by Gasteiger charge is -2.58. The van der Waals surface area contributed by atoms with Gasteiger partial charge in [0.15, 0.2) is 0 Å². The summed E-state index contributed by atoms with van der Waals surface area (Å²) in [5.74, 6) is -0.592. The Morgan fingerprint density at radius 2 is 1.84 bits per heavy atom. The van der Waals surface area contributed by atoms with Crippen LogP contribution in [0, 0.1) is 16.5 Å². The van der Waals surface area contributed by atoms with Crippen molar-refractivity contribution in [1.82, 2.24) is 5.06 Å². The molecule has 0 aromatic carbocycles. The van der Waals surface area contributed by atoms with E-state index in [1.165, 1.54) is 0 Å². The lowest BCUT2D eigenvalue weighted by atomic mass is 9.77. The van der Waals surface area contributed by atoms with Crippen molar-refractivity contribution in [3.63, 3.8) is 0 Å². The third-order valence-corrected chi connectivity index (χ3v) is 3.34. The lowest BCUT2D eigenvalue weighted by Crippen LogP contribution is -2.56. The maximum atomic E-state index is 12.2. The molecule has 19 heavy (non-hydrogen) atoms. The summed E-state index contributed by atoms with van der Waals surface area (Å²) < 4.78 is 4.90. The summed E-state index contributed by atoms with van der Waals surface area (Å²) in [7, 11) is 0. The maximum Gasteiger partial charge on any atom is 0.348 e. The van der Waals surface area contributed by atoms with E-state index in [-0.39, 0.29) is 12.2 Å². The first-order valence-electron chi connectivity index (χ1n) is 6.42. The summed E-state index contributed by atoms with van der Waals surface area (Å²) in [6, 6.07) is 1.93. The molecule has 5 heteroatoms. The van der Waals surface area contributed by atoms with Crippen LogP contribution in [0.1, 0.15) is 47.5 Å². The van der Waals surface area contributed by atoms with Gasteiger partial charge in [0, 0.05) is 11.1 Å². The van der Waals surface area contributed by atoms with Crippen molar-refractivity contribution in [3.05, 3.63) is 16.4 Å². The van der Waals surface area contributed by atoms with Crippen LogP contribution in [0.25, 0.3) is 0 Å². The Morgan fingerprint density at radius 1 is 1.37 bits per heavy atom. The summed E-state index contributed by atoms with van der Waals surface area (Å²) >= 11 is 0. The monoisotopic (exact) mass is 265 g/mol. The van der Waals surface area contributed by atoms with Crippen LogP contribution in [-0.4, -0.2) is 28.7 Å². The topological polar surface area (TPSA) is 76.4 Å². The lowest BCUT2D eigenvalue weighted by molar-refractivity contribution is -0.138. The second kappa shape index (κ2) is 5.32. The minimum atomic E-state index is -0.633. The number of carbonyl (C=O) groups is 1. The van der Waals surface area contributed by atoms with Crippen molar-refractivity contribution < 1.29 is 9.53 Å². The van der Waals surface area contributed by atoms with E-state index in [9.17, 15) is 15.3 Å². The second-order valence-corrected chi connectivity index (χ2v) is 6.08. The number of rotatable bonds is 2. The fourth-order valence-corrected chi connectivity index (χ4v) is 2.72. The Hall–Kier alpha value is -1.38. The number of hydrogen-bond acceptors (Lipinski definition) is 5. The van der Waals surface area contributed by atoms with Gasteiger partial charge in [-0.2, -0.15) is 5.26 Å². The van der Waals surface area contributed by atoms with E-state index < -0.39 is 17.0 Å². The highest BCUT2D eigenvalue weighted by Gasteiger charge is 2.39. The number of hydroxylamine groups is 2. The molecule has 0 atom stereocenters. The molecule has 1 fully saturated rings. The molecule has 0 N–H and O–H groups in total. The van der Waals surface area contributed by atoms with Crippen LogP contribution in [0.15, 0.2) is 11.1 Å². The van der Waals surface area contributed by atoms with Crippen LogP contribution in [0.5, 0.6) is 0 Å². The van der Waals surface area contributed by atoms with Gasteiger partial charge < -0.3 is 15.0 Å². The van der Waals surface area contributed by atoms with Gasteiger partial charge in [0.1, 0.15) is 11.6 Å². The van der Waals surface area contributed by atoms with Crippen LogP contribution >= 0.6 is 0 Å². The number of ether oxygens (including phenoxy) is 1. The third-order valence-electron chi connectivity index (χ3n) is 3.34. The average molecular weight is 265 g/mol. The van der Waals surface area contributed by atoms with Gasteiger partial charge in [-0.3, -0.25) is 0 Å². The molecule has 0 amide bonds. The second-order valence-electron chi connectivity index (χ2n) is 6.08. The van der Waals surface area contributed by atoms with E-state index >= 15 is 0 Å². The number of hydrogen-bond donors (Lipinski definition) is 0. The molecular formula is C14H21N2O3-. The van der Waals surface area contributed by atoms with Gasteiger partial charge in [0.25, 0.3) is 0 Å². The molecule has 0 aromatic rings. The van der Waals surface area contributed by atoms with E-state index in [1.54, 1.807) is 6.92 Å². The normalized spacial score (nSPS) is 21.6. The van der Waals surface area contributed by atoms with E-state index in [1.807, 2.05) is 33.8 Å². The standard InChI is InChI=1S/C14H21N2O3/c1-6-19-12(17)11(9-15)10-7-13(2,3)16(18)14(4,5)8-10/h6-8H2,1-5H3/q-1. The van der Waals surface area contributed by atoms with Crippen LogP contribution in [0.3, 0.4) is 0 Å². The van der Waals surface area contributed by atoms with Gasteiger partial charge in [-0.1, -0.05) is 0 Å². The Labute approximate surface area is 114 Å². The van der Waals surface area contributed by atoms with Crippen molar-refractivity contribution in [3.8, 4) is 6.07 Å². The van der Waals surface area contributed by atoms with Crippen molar-refractivity contribution in [1.29, 1.82) is 5.26 Å². The van der Waals surface area contributed by atoms with Crippen LogP contribution in [0.2, 0.25) is 0 Å². The van der Waals surface area contributed by atoms with Crippen molar-refractivity contribution in [2.45, 2.75) is 58.5 Å². The SMILES string of the molecule is CCOC(=O)C(C#N)=C1CC(C)(C)N([O-])C(C)(C)C1. The number of piperidine rings is 1. The smallest absolute Gasteiger partial charge is 0.348 e. The van der Waals surface area contributed by atoms with Gasteiger partial charge >= 0.3 is 5.97 Å². The molecule has 1 heterocycles. The molecule has 106 valence electrons. The van der Waals surface area contributed by atoms with E-state index in [0.29, 0.717) is 18.4 Å². The largest absolute Gasteiger partial charge is 0.784 e. The summed E-state index contributed by atoms with van der Waals surface area (Å²) in [6.07, 6.45) is 0.809. The molecule has 0 saturated carbocycles. The predicted octanol–water partition coefficient (Wildman–Crippen LogP) is 2.52. The molecule has 1 rings (SSSR count). The molecule has 0 radical (unpaired) electrons. The van der Waals surface area contributed by atoms with Gasteiger partial charge in [-0.25, -0.2) is 4.79 Å². The number of nitriles is 1. The quantitative estimate of drug-likeness (QED) is 0.435. The van der Waals surface area contributed by atoms with Gasteiger partial charge in [0.05, 0.1) is 6.61 Å². The highest BCUT2D eigenvalue weighted by Crippen LogP contribution is 2.41. The van der Waals surface area contributed by atoms with Crippen LogP contribution in [-0.2, 0) is 9.53 Å². The minimum absolute atomic E-state index is 0.0519. The molecule has 0 spiro atoms. The molecule has 1 aliphatic rings. The fourth-order valence-electron chi connectivity index (χ4n) is 2.72. The average Bonchev–Trinajstić information content (AvgIpc) is 2.26. The molecule has 0 aromatic heterocycles. The van der Waals surface area contributed by atoms with Crippen LogP contribution in [0.4, 0.5) is 0 Å². The first-order valence-corrected chi connectivity index (χ1v) is 6.42. The molecule has 0 bridgehead atoms. The molecule has 1 saturated heterocycles.